The molecule has 1 aromatic carbocycles. The highest BCUT2D eigenvalue weighted by Gasteiger charge is 2.18. The van der Waals surface area contributed by atoms with Crippen molar-refractivity contribution in [3.63, 3.8) is 0 Å². The molecule has 0 unspecified atom stereocenters. The van der Waals surface area contributed by atoms with Gasteiger partial charge in [-0.05, 0) is 13.0 Å². The van der Waals surface area contributed by atoms with Crippen molar-refractivity contribution in [2.45, 2.75) is 6.92 Å². The molecule has 0 fully saturated rings. The van der Waals surface area contributed by atoms with Crippen LogP contribution in [0.4, 0.5) is 10.8 Å². The van der Waals surface area contributed by atoms with E-state index in [4.69, 9.17) is 0 Å². The molecule has 2 aromatic heterocycles. The number of aryl methyl sites for hydroxylation is 1. The van der Waals surface area contributed by atoms with Crippen molar-refractivity contribution >= 4 is 38.8 Å². The first-order valence-electron chi connectivity index (χ1n) is 6.20. The number of nitro benzene ring substituents is 1. The van der Waals surface area contributed by atoms with Gasteiger partial charge in [-0.15, -0.1) is 10.2 Å². The minimum atomic E-state index is -0.488. The summed E-state index contributed by atoms with van der Waals surface area (Å²) in [6.45, 7) is 1.77. The number of aromatic nitrogens is 3. The maximum absolute atomic E-state index is 12.3. The lowest BCUT2D eigenvalue weighted by molar-refractivity contribution is -0.383. The molecule has 1 N–H and O–H groups in total. The summed E-state index contributed by atoms with van der Waals surface area (Å²) in [5.74, 6) is -0.484. The number of amides is 1. The van der Waals surface area contributed by atoms with Gasteiger partial charge >= 0.3 is 0 Å². The van der Waals surface area contributed by atoms with Crippen LogP contribution < -0.4 is 5.32 Å². The molecule has 22 heavy (non-hydrogen) atoms. The Bertz CT molecular complexity index is 892. The van der Waals surface area contributed by atoms with E-state index in [-0.39, 0.29) is 11.4 Å². The average molecular weight is 315 g/mol. The second kappa shape index (κ2) is 5.45. The topological polar surface area (TPSA) is 111 Å². The second-order valence-corrected chi connectivity index (χ2v) is 5.55. The number of non-ortho nitro benzene ring substituents is 1. The van der Waals surface area contributed by atoms with Crippen molar-refractivity contribution in [3.05, 3.63) is 51.3 Å². The van der Waals surface area contributed by atoms with Crippen molar-refractivity contribution in [2.24, 2.45) is 0 Å². The van der Waals surface area contributed by atoms with Crippen LogP contribution in [0.2, 0.25) is 0 Å². The summed E-state index contributed by atoms with van der Waals surface area (Å²) in [5, 5.41) is 23.1. The number of fused-ring (bicyclic) bond motifs is 1. The van der Waals surface area contributed by atoms with Crippen LogP contribution in [0.5, 0.6) is 0 Å². The van der Waals surface area contributed by atoms with Crippen molar-refractivity contribution in [1.82, 2.24) is 15.2 Å². The first-order chi connectivity index (χ1) is 10.6. The van der Waals surface area contributed by atoms with Gasteiger partial charge in [0.2, 0.25) is 5.13 Å². The third-order valence-corrected chi connectivity index (χ3v) is 3.70. The summed E-state index contributed by atoms with van der Waals surface area (Å²) in [5.41, 5.74) is 0.0368. The van der Waals surface area contributed by atoms with Gasteiger partial charge in [0.05, 0.1) is 10.3 Å². The Morgan fingerprint density at radius 1 is 1.27 bits per heavy atom. The zero-order chi connectivity index (χ0) is 15.7. The number of benzene rings is 1. The smallest absolute Gasteiger partial charge is 0.277 e. The number of carbonyl (C=O) groups excluding carboxylic acids is 1. The fraction of sp³-hybridized carbons (Fsp3) is 0.0769. The lowest BCUT2D eigenvalue weighted by Gasteiger charge is -2.05. The highest BCUT2D eigenvalue weighted by atomic mass is 32.1. The van der Waals surface area contributed by atoms with Crippen LogP contribution in [-0.2, 0) is 0 Å². The molecule has 110 valence electrons. The molecule has 0 saturated carbocycles. The van der Waals surface area contributed by atoms with Crippen molar-refractivity contribution in [1.29, 1.82) is 0 Å². The second-order valence-electron chi connectivity index (χ2n) is 4.37. The summed E-state index contributed by atoms with van der Waals surface area (Å²) in [6.07, 6.45) is 1.37. The van der Waals surface area contributed by atoms with Crippen molar-refractivity contribution in [2.75, 3.05) is 5.32 Å². The molecule has 8 nitrogen and oxygen atoms in total. The number of anilines is 1. The van der Waals surface area contributed by atoms with E-state index < -0.39 is 10.8 Å². The standard InChI is InChI=1S/C13H9N5O3S/c1-7-16-17-13(22-7)15-12(19)11-9-3-2-4-10(18(20)21)8(9)5-6-14-11/h2-6H,1H3,(H,15,17,19). The van der Waals surface area contributed by atoms with Crippen molar-refractivity contribution < 1.29 is 9.72 Å². The van der Waals surface area contributed by atoms with E-state index in [1.165, 1.54) is 35.7 Å². The normalized spacial score (nSPS) is 10.6. The monoisotopic (exact) mass is 315 g/mol. The molecule has 3 aromatic rings. The predicted octanol–water partition coefficient (Wildman–Crippen LogP) is 2.56. The van der Waals surface area contributed by atoms with E-state index in [0.717, 1.165) is 5.01 Å². The fourth-order valence-corrected chi connectivity index (χ4v) is 2.62. The Morgan fingerprint density at radius 2 is 2.09 bits per heavy atom. The van der Waals surface area contributed by atoms with E-state index in [0.29, 0.717) is 15.9 Å². The quantitative estimate of drug-likeness (QED) is 0.587. The number of carbonyl (C=O) groups is 1. The molecule has 3 rings (SSSR count). The number of hydrogen-bond acceptors (Lipinski definition) is 7. The Labute approximate surface area is 128 Å². The zero-order valence-electron chi connectivity index (χ0n) is 11.3. The van der Waals surface area contributed by atoms with Gasteiger partial charge in [0.25, 0.3) is 11.6 Å². The summed E-state index contributed by atoms with van der Waals surface area (Å²) in [4.78, 5) is 26.9. The Balaban J connectivity index is 2.05. The van der Waals surface area contributed by atoms with Crippen LogP contribution in [0.3, 0.4) is 0 Å². The Morgan fingerprint density at radius 3 is 2.77 bits per heavy atom. The number of hydrogen-bond donors (Lipinski definition) is 1. The highest BCUT2D eigenvalue weighted by Crippen LogP contribution is 2.27. The summed E-state index contributed by atoms with van der Waals surface area (Å²) < 4.78 is 0. The first-order valence-corrected chi connectivity index (χ1v) is 7.01. The molecule has 0 atom stereocenters. The fourth-order valence-electron chi connectivity index (χ4n) is 2.03. The van der Waals surface area contributed by atoms with E-state index in [1.54, 1.807) is 13.0 Å². The van der Waals surface area contributed by atoms with E-state index in [9.17, 15) is 14.9 Å². The molecule has 0 radical (unpaired) electrons. The minimum absolute atomic E-state index is 0.0688. The summed E-state index contributed by atoms with van der Waals surface area (Å²) in [6, 6.07) is 6.04. The van der Waals surface area contributed by atoms with Gasteiger partial charge in [-0.1, -0.05) is 23.5 Å². The number of pyridine rings is 1. The molecule has 2 heterocycles. The minimum Gasteiger partial charge on any atom is -0.295 e. The third kappa shape index (κ3) is 2.49. The molecule has 0 spiro atoms. The molecular formula is C13H9N5O3S. The number of nitrogens with zero attached hydrogens (tertiary/aromatic N) is 4. The molecule has 0 aliphatic rings. The molecule has 1 amide bonds. The predicted molar refractivity (Wildman–Crippen MR) is 81.0 cm³/mol. The van der Waals surface area contributed by atoms with Gasteiger partial charge in [0, 0.05) is 17.6 Å². The molecule has 0 aliphatic carbocycles. The van der Waals surface area contributed by atoms with E-state index >= 15 is 0 Å². The first kappa shape index (κ1) is 14.0. The summed E-state index contributed by atoms with van der Waals surface area (Å²) in [7, 11) is 0. The molecule has 0 bridgehead atoms. The molecule has 0 aliphatic heterocycles. The van der Waals surface area contributed by atoms with Gasteiger partial charge in [-0.2, -0.15) is 0 Å². The lowest BCUT2D eigenvalue weighted by atomic mass is 10.1. The van der Waals surface area contributed by atoms with Crippen LogP contribution in [0.25, 0.3) is 10.8 Å². The molecule has 9 heteroatoms. The largest absolute Gasteiger partial charge is 0.295 e. The molecule has 0 saturated heterocycles. The number of nitro groups is 1. The van der Waals surface area contributed by atoms with Crippen LogP contribution in [-0.4, -0.2) is 26.0 Å². The lowest BCUT2D eigenvalue weighted by Crippen LogP contribution is -2.14. The maximum atomic E-state index is 12.3. The Hall–Kier alpha value is -2.94. The van der Waals surface area contributed by atoms with Crippen LogP contribution in [0, 0.1) is 17.0 Å². The summed E-state index contributed by atoms with van der Waals surface area (Å²) >= 11 is 1.23. The van der Waals surface area contributed by atoms with E-state index in [2.05, 4.69) is 20.5 Å². The van der Waals surface area contributed by atoms with E-state index in [1.807, 2.05) is 0 Å². The van der Waals surface area contributed by atoms with Crippen molar-refractivity contribution in [3.8, 4) is 0 Å². The van der Waals surface area contributed by atoms with Gasteiger partial charge in [0.15, 0.2) is 0 Å². The average Bonchev–Trinajstić information content (AvgIpc) is 2.90. The van der Waals surface area contributed by atoms with Gasteiger partial charge < -0.3 is 0 Å². The SMILES string of the molecule is Cc1nnc(NC(=O)c2nccc3c([N+](=O)[O-])cccc23)s1. The van der Waals surface area contributed by atoms with Gasteiger partial charge in [0.1, 0.15) is 10.7 Å². The van der Waals surface area contributed by atoms with Crippen LogP contribution in [0.15, 0.2) is 30.5 Å². The third-order valence-electron chi connectivity index (χ3n) is 2.94. The highest BCUT2D eigenvalue weighted by molar-refractivity contribution is 7.15. The number of nitrogens with one attached hydrogen (secondary N) is 1. The van der Waals surface area contributed by atoms with Crippen LogP contribution in [0.1, 0.15) is 15.5 Å². The van der Waals surface area contributed by atoms with Crippen LogP contribution >= 0.6 is 11.3 Å². The molecular weight excluding hydrogens is 306 g/mol. The van der Waals surface area contributed by atoms with Gasteiger partial charge in [-0.25, -0.2) is 0 Å². The number of rotatable bonds is 3. The van der Waals surface area contributed by atoms with Gasteiger partial charge in [-0.3, -0.25) is 25.2 Å². The Kier molecular flexibility index (Phi) is 3.47. The maximum Gasteiger partial charge on any atom is 0.277 e. The zero-order valence-corrected chi connectivity index (χ0v) is 12.1.